The number of imidazole rings is 1. The van der Waals surface area contributed by atoms with E-state index in [2.05, 4.69) is 15.6 Å². The first-order valence-corrected chi connectivity index (χ1v) is 8.45. The van der Waals surface area contributed by atoms with E-state index < -0.39 is 0 Å². The van der Waals surface area contributed by atoms with E-state index in [0.717, 1.165) is 5.69 Å². The number of hydrogen-bond acceptors (Lipinski definition) is 5. The third kappa shape index (κ3) is 4.29. The van der Waals surface area contributed by atoms with Gasteiger partial charge in [0.25, 0.3) is 5.91 Å². The molecule has 0 bridgehead atoms. The molecule has 0 spiro atoms. The molecule has 3 aromatic rings. The minimum atomic E-state index is -0.275. The van der Waals surface area contributed by atoms with Crippen LogP contribution in [0.4, 0.5) is 11.5 Å². The van der Waals surface area contributed by atoms with Gasteiger partial charge in [0, 0.05) is 24.2 Å². The average Bonchev–Trinajstić information content (AvgIpc) is 3.15. The zero-order valence-electron chi connectivity index (χ0n) is 15.7. The quantitative estimate of drug-likeness (QED) is 0.685. The SMILES string of the molecule is COc1ccc(OC)c(NC(=O)c2ccc(-n3cnc(NC(C)=O)c3)cc2)c1. The first kappa shape index (κ1) is 19.0. The maximum absolute atomic E-state index is 12.6. The van der Waals surface area contributed by atoms with E-state index >= 15 is 0 Å². The average molecular weight is 380 g/mol. The topological polar surface area (TPSA) is 94.5 Å². The zero-order valence-corrected chi connectivity index (χ0v) is 15.7. The lowest BCUT2D eigenvalue weighted by atomic mass is 10.2. The Labute approximate surface area is 162 Å². The van der Waals surface area contributed by atoms with E-state index in [1.807, 2.05) is 0 Å². The highest BCUT2D eigenvalue weighted by Crippen LogP contribution is 2.29. The summed E-state index contributed by atoms with van der Waals surface area (Å²) >= 11 is 0. The minimum absolute atomic E-state index is 0.190. The lowest BCUT2D eigenvalue weighted by Gasteiger charge is -2.12. The molecule has 0 radical (unpaired) electrons. The van der Waals surface area contributed by atoms with Crippen LogP contribution < -0.4 is 20.1 Å². The molecule has 28 heavy (non-hydrogen) atoms. The van der Waals surface area contributed by atoms with Gasteiger partial charge >= 0.3 is 0 Å². The summed E-state index contributed by atoms with van der Waals surface area (Å²) in [6.45, 7) is 1.42. The zero-order chi connectivity index (χ0) is 20.1. The number of nitrogens with one attached hydrogen (secondary N) is 2. The molecule has 0 aliphatic heterocycles. The summed E-state index contributed by atoms with van der Waals surface area (Å²) in [7, 11) is 3.09. The molecular formula is C20H20N4O4. The second-order valence-corrected chi connectivity index (χ2v) is 5.91. The second kappa shape index (κ2) is 8.26. The van der Waals surface area contributed by atoms with Crippen LogP contribution in [0, 0.1) is 0 Å². The maximum atomic E-state index is 12.6. The number of hydrogen-bond donors (Lipinski definition) is 2. The van der Waals surface area contributed by atoms with Gasteiger partial charge in [-0.05, 0) is 36.4 Å². The first-order valence-electron chi connectivity index (χ1n) is 8.45. The van der Waals surface area contributed by atoms with Gasteiger partial charge in [0.05, 0.1) is 26.1 Å². The Hall–Kier alpha value is -3.81. The van der Waals surface area contributed by atoms with Crippen molar-refractivity contribution in [3.63, 3.8) is 0 Å². The Morgan fingerprint density at radius 1 is 1.00 bits per heavy atom. The lowest BCUT2D eigenvalue weighted by molar-refractivity contribution is -0.114. The van der Waals surface area contributed by atoms with Crippen molar-refractivity contribution in [3.05, 3.63) is 60.6 Å². The third-order valence-electron chi connectivity index (χ3n) is 3.97. The molecule has 0 fully saturated rings. The minimum Gasteiger partial charge on any atom is -0.497 e. The largest absolute Gasteiger partial charge is 0.497 e. The highest BCUT2D eigenvalue weighted by Gasteiger charge is 2.11. The van der Waals surface area contributed by atoms with Crippen molar-refractivity contribution >= 4 is 23.3 Å². The van der Waals surface area contributed by atoms with Gasteiger partial charge in [0.2, 0.25) is 5.91 Å². The van der Waals surface area contributed by atoms with Crippen molar-refractivity contribution in [1.82, 2.24) is 9.55 Å². The fourth-order valence-electron chi connectivity index (χ4n) is 2.60. The monoisotopic (exact) mass is 380 g/mol. The predicted molar refractivity (Wildman–Crippen MR) is 105 cm³/mol. The highest BCUT2D eigenvalue weighted by molar-refractivity contribution is 6.05. The van der Waals surface area contributed by atoms with Gasteiger partial charge in [0.1, 0.15) is 17.8 Å². The van der Waals surface area contributed by atoms with Crippen molar-refractivity contribution in [3.8, 4) is 17.2 Å². The summed E-state index contributed by atoms with van der Waals surface area (Å²) in [6.07, 6.45) is 3.28. The van der Waals surface area contributed by atoms with Gasteiger partial charge in [-0.3, -0.25) is 9.59 Å². The van der Waals surface area contributed by atoms with Crippen molar-refractivity contribution in [2.75, 3.05) is 24.9 Å². The molecule has 1 aromatic heterocycles. The van der Waals surface area contributed by atoms with E-state index in [-0.39, 0.29) is 11.8 Å². The van der Waals surface area contributed by atoms with Crippen LogP contribution in [0.5, 0.6) is 11.5 Å². The summed E-state index contributed by atoms with van der Waals surface area (Å²) in [5, 5.41) is 5.44. The molecule has 144 valence electrons. The van der Waals surface area contributed by atoms with Crippen molar-refractivity contribution in [2.45, 2.75) is 6.92 Å². The molecule has 0 atom stereocenters. The first-order chi connectivity index (χ1) is 13.5. The van der Waals surface area contributed by atoms with Gasteiger partial charge in [-0.2, -0.15) is 0 Å². The van der Waals surface area contributed by atoms with Crippen molar-refractivity contribution < 1.29 is 19.1 Å². The smallest absolute Gasteiger partial charge is 0.255 e. The Bertz CT molecular complexity index is 996. The summed E-state index contributed by atoms with van der Waals surface area (Å²) in [4.78, 5) is 27.8. The van der Waals surface area contributed by atoms with Crippen LogP contribution in [0.2, 0.25) is 0 Å². The summed E-state index contributed by atoms with van der Waals surface area (Å²) in [6, 6.07) is 12.2. The van der Waals surface area contributed by atoms with Crippen LogP contribution in [0.1, 0.15) is 17.3 Å². The van der Waals surface area contributed by atoms with E-state index in [4.69, 9.17) is 9.47 Å². The standard InChI is InChI=1S/C20H20N4O4/c1-13(25)22-19-11-24(12-21-19)15-6-4-14(5-7-15)20(26)23-17-10-16(27-2)8-9-18(17)28-3/h4-12H,1-3H3,(H,22,25)(H,23,26). The van der Waals surface area contributed by atoms with Crippen molar-refractivity contribution in [1.29, 1.82) is 0 Å². The van der Waals surface area contributed by atoms with Gasteiger partial charge in [-0.25, -0.2) is 4.98 Å². The van der Waals surface area contributed by atoms with Crippen LogP contribution in [0.15, 0.2) is 55.0 Å². The molecular weight excluding hydrogens is 360 g/mol. The fourth-order valence-corrected chi connectivity index (χ4v) is 2.60. The second-order valence-electron chi connectivity index (χ2n) is 5.91. The molecule has 8 nitrogen and oxygen atoms in total. The maximum Gasteiger partial charge on any atom is 0.255 e. The summed E-state index contributed by atoms with van der Waals surface area (Å²) < 4.78 is 12.2. The van der Waals surface area contributed by atoms with E-state index in [1.54, 1.807) is 66.7 Å². The highest BCUT2D eigenvalue weighted by atomic mass is 16.5. The molecule has 8 heteroatoms. The number of rotatable bonds is 6. The van der Waals surface area contributed by atoms with Gasteiger partial charge in [0.15, 0.2) is 5.82 Å². The Morgan fingerprint density at radius 3 is 2.39 bits per heavy atom. The van der Waals surface area contributed by atoms with Crippen molar-refractivity contribution in [2.24, 2.45) is 0 Å². The molecule has 0 unspecified atom stereocenters. The predicted octanol–water partition coefficient (Wildman–Crippen LogP) is 3.10. The van der Waals surface area contributed by atoms with Gasteiger partial charge in [-0.1, -0.05) is 0 Å². The van der Waals surface area contributed by atoms with Crippen LogP contribution in [-0.2, 0) is 4.79 Å². The number of methoxy groups -OCH3 is 2. The number of nitrogens with zero attached hydrogens (tertiary/aromatic N) is 2. The number of anilines is 2. The molecule has 0 aliphatic rings. The van der Waals surface area contributed by atoms with Gasteiger partial charge in [-0.15, -0.1) is 0 Å². The Morgan fingerprint density at radius 2 is 1.75 bits per heavy atom. The van der Waals surface area contributed by atoms with Crippen LogP contribution in [-0.4, -0.2) is 35.6 Å². The Balaban J connectivity index is 1.75. The van der Waals surface area contributed by atoms with E-state index in [9.17, 15) is 9.59 Å². The van der Waals surface area contributed by atoms with E-state index in [1.165, 1.54) is 14.0 Å². The molecule has 2 amide bonds. The third-order valence-corrected chi connectivity index (χ3v) is 3.97. The molecule has 0 aliphatic carbocycles. The van der Waals surface area contributed by atoms with Crippen LogP contribution in [0.3, 0.4) is 0 Å². The molecule has 0 saturated carbocycles. The molecule has 3 rings (SSSR count). The number of amides is 2. The normalized spacial score (nSPS) is 10.2. The molecule has 2 aromatic carbocycles. The van der Waals surface area contributed by atoms with Crippen LogP contribution >= 0.6 is 0 Å². The molecule has 1 heterocycles. The summed E-state index contributed by atoms with van der Waals surface area (Å²) in [5.41, 5.74) is 1.81. The number of aromatic nitrogens is 2. The molecule has 0 saturated heterocycles. The van der Waals surface area contributed by atoms with Crippen LogP contribution in [0.25, 0.3) is 5.69 Å². The number of carbonyl (C=O) groups excluding carboxylic acids is 2. The Kier molecular flexibility index (Phi) is 5.59. The summed E-state index contributed by atoms with van der Waals surface area (Å²) in [5.74, 6) is 1.14. The van der Waals surface area contributed by atoms with Gasteiger partial charge < -0.3 is 24.7 Å². The van der Waals surface area contributed by atoms with E-state index in [0.29, 0.717) is 28.6 Å². The number of carbonyl (C=O) groups is 2. The molecule has 2 N–H and O–H groups in total. The lowest BCUT2D eigenvalue weighted by Crippen LogP contribution is -2.12. The number of ether oxygens (including phenoxy) is 2. The number of benzene rings is 2. The fraction of sp³-hybridized carbons (Fsp3) is 0.150.